The van der Waals surface area contributed by atoms with Crippen LogP contribution in [0.1, 0.15) is 23.1 Å². The maximum atomic E-state index is 12.7. The van der Waals surface area contributed by atoms with Crippen molar-refractivity contribution in [3.05, 3.63) is 83.1 Å². The van der Waals surface area contributed by atoms with Crippen LogP contribution in [0.4, 0.5) is 10.5 Å². The number of benzene rings is 2. The molecular weight excluding hydrogens is 416 g/mol. The van der Waals surface area contributed by atoms with Gasteiger partial charge in [-0.05, 0) is 60.8 Å². The van der Waals surface area contributed by atoms with Gasteiger partial charge in [-0.15, -0.1) is 0 Å². The van der Waals surface area contributed by atoms with E-state index in [9.17, 15) is 4.79 Å². The molecule has 2 aliphatic heterocycles. The smallest absolute Gasteiger partial charge is 0.327 e. The number of carbonyl (C=O) groups excluding carboxylic acids is 1. The van der Waals surface area contributed by atoms with Crippen LogP contribution in [-0.2, 0) is 13.0 Å². The second-order valence-corrected chi connectivity index (χ2v) is 8.41. The number of amides is 2. The standard InChI is InChI=1S/C25H32N6O2/c26-10-1-11-28-14-18-4-8-22(9-5-18)31-15-20-13-23(29-24(20)30-25(31)33)19-6-2-17(3-7-19)12-21(27)16-32/h2-9,13,15,21,24,28-29,32H,1,10-12,14,16,26-27H2,(H,30,33). The lowest BCUT2D eigenvalue weighted by molar-refractivity contribution is 0.244. The van der Waals surface area contributed by atoms with Gasteiger partial charge in [0.05, 0.1) is 12.3 Å². The predicted octanol–water partition coefficient (Wildman–Crippen LogP) is 1.37. The Bertz CT molecular complexity index is 1020. The largest absolute Gasteiger partial charge is 0.395 e. The van der Waals surface area contributed by atoms with Crippen LogP contribution >= 0.6 is 0 Å². The molecule has 0 saturated heterocycles. The number of aliphatic hydroxyl groups excluding tert-OH is 1. The zero-order chi connectivity index (χ0) is 23.2. The van der Waals surface area contributed by atoms with Gasteiger partial charge in [-0.1, -0.05) is 36.4 Å². The molecule has 0 aliphatic carbocycles. The van der Waals surface area contributed by atoms with Gasteiger partial charge in [0.1, 0.15) is 6.17 Å². The van der Waals surface area contributed by atoms with Gasteiger partial charge >= 0.3 is 6.03 Å². The highest BCUT2D eigenvalue weighted by Crippen LogP contribution is 2.28. The third kappa shape index (κ3) is 5.61. The zero-order valence-electron chi connectivity index (χ0n) is 18.6. The Morgan fingerprint density at radius 3 is 2.48 bits per heavy atom. The third-order valence-electron chi connectivity index (χ3n) is 5.81. The Morgan fingerprint density at radius 2 is 1.79 bits per heavy atom. The average Bonchev–Trinajstić information content (AvgIpc) is 3.25. The first-order chi connectivity index (χ1) is 16.1. The Balaban J connectivity index is 1.44. The molecule has 2 aliphatic rings. The fraction of sp³-hybridized carbons (Fsp3) is 0.320. The van der Waals surface area contributed by atoms with Gasteiger partial charge in [0, 0.05) is 30.1 Å². The number of aliphatic hydroxyl groups is 1. The van der Waals surface area contributed by atoms with E-state index in [1.807, 2.05) is 54.7 Å². The molecule has 2 unspecified atom stereocenters. The Hall–Kier alpha value is -3.17. The molecular formula is C25H32N6O2. The second kappa shape index (κ2) is 10.6. The van der Waals surface area contributed by atoms with E-state index in [0.29, 0.717) is 13.0 Å². The number of hydrogen-bond acceptors (Lipinski definition) is 6. The van der Waals surface area contributed by atoms with E-state index in [2.05, 4.69) is 22.0 Å². The van der Waals surface area contributed by atoms with Crippen molar-refractivity contribution in [2.24, 2.45) is 11.5 Å². The summed E-state index contributed by atoms with van der Waals surface area (Å²) in [7, 11) is 0. The molecule has 0 saturated carbocycles. The van der Waals surface area contributed by atoms with Crippen molar-refractivity contribution >= 4 is 17.4 Å². The predicted molar refractivity (Wildman–Crippen MR) is 131 cm³/mol. The summed E-state index contributed by atoms with van der Waals surface area (Å²) < 4.78 is 0. The highest BCUT2D eigenvalue weighted by molar-refractivity contribution is 5.96. The molecule has 4 rings (SSSR count). The minimum absolute atomic E-state index is 0.0328. The van der Waals surface area contributed by atoms with Gasteiger partial charge in [-0.25, -0.2) is 4.79 Å². The molecule has 0 aromatic heterocycles. The Kier molecular flexibility index (Phi) is 7.41. The minimum atomic E-state index is -0.254. The number of nitrogens with one attached hydrogen (secondary N) is 3. The van der Waals surface area contributed by atoms with Crippen LogP contribution in [0.3, 0.4) is 0 Å². The average molecular weight is 449 g/mol. The number of nitrogens with two attached hydrogens (primary N) is 2. The first-order valence-corrected chi connectivity index (χ1v) is 11.3. The van der Waals surface area contributed by atoms with Crippen LogP contribution in [0.15, 0.2) is 66.4 Å². The van der Waals surface area contributed by atoms with Crippen LogP contribution in [0.25, 0.3) is 5.70 Å². The van der Waals surface area contributed by atoms with Crippen molar-refractivity contribution in [3.63, 3.8) is 0 Å². The summed E-state index contributed by atoms with van der Waals surface area (Å²) in [5.74, 6) is 0. The molecule has 2 aromatic rings. The topological polar surface area (TPSA) is 129 Å². The number of fused-ring (bicyclic) bond motifs is 1. The van der Waals surface area contributed by atoms with Gasteiger partial charge in [0.2, 0.25) is 0 Å². The van der Waals surface area contributed by atoms with E-state index in [-0.39, 0.29) is 24.8 Å². The maximum Gasteiger partial charge on any atom is 0.327 e. The lowest BCUT2D eigenvalue weighted by atomic mass is 10.0. The monoisotopic (exact) mass is 448 g/mol. The van der Waals surface area contributed by atoms with Crippen LogP contribution in [0.2, 0.25) is 0 Å². The molecule has 0 fully saturated rings. The summed E-state index contributed by atoms with van der Waals surface area (Å²) in [4.78, 5) is 14.4. The molecule has 8 nitrogen and oxygen atoms in total. The molecule has 2 aromatic carbocycles. The number of anilines is 1. The first-order valence-electron chi connectivity index (χ1n) is 11.3. The van der Waals surface area contributed by atoms with E-state index >= 15 is 0 Å². The first kappa shape index (κ1) is 23.0. The van der Waals surface area contributed by atoms with Crippen LogP contribution < -0.4 is 32.3 Å². The van der Waals surface area contributed by atoms with Crippen molar-refractivity contribution in [3.8, 4) is 0 Å². The summed E-state index contributed by atoms with van der Waals surface area (Å²) in [6.07, 6.45) is 5.27. The number of urea groups is 1. The molecule has 0 spiro atoms. The van der Waals surface area contributed by atoms with E-state index in [1.54, 1.807) is 4.90 Å². The van der Waals surface area contributed by atoms with Gasteiger partial charge in [-0.2, -0.15) is 0 Å². The Morgan fingerprint density at radius 1 is 1.06 bits per heavy atom. The summed E-state index contributed by atoms with van der Waals surface area (Å²) >= 11 is 0. The summed E-state index contributed by atoms with van der Waals surface area (Å²) in [6.45, 7) is 2.31. The molecule has 0 radical (unpaired) electrons. The van der Waals surface area contributed by atoms with Gasteiger partial charge < -0.3 is 32.5 Å². The summed E-state index contributed by atoms with van der Waals surface area (Å²) in [5.41, 5.74) is 17.4. The quantitative estimate of drug-likeness (QED) is 0.305. The molecule has 0 bridgehead atoms. The molecule has 2 atom stereocenters. The van der Waals surface area contributed by atoms with Gasteiger partial charge in [0.25, 0.3) is 0 Å². The number of nitrogens with zero attached hydrogens (tertiary/aromatic N) is 1. The molecule has 8 heteroatoms. The third-order valence-corrected chi connectivity index (χ3v) is 5.81. The summed E-state index contributed by atoms with van der Waals surface area (Å²) in [6, 6.07) is 15.6. The normalized spacial score (nSPS) is 18.2. The molecule has 33 heavy (non-hydrogen) atoms. The molecule has 8 N–H and O–H groups in total. The van der Waals surface area contributed by atoms with Crippen LogP contribution in [0, 0.1) is 0 Å². The van der Waals surface area contributed by atoms with E-state index in [0.717, 1.165) is 53.2 Å². The van der Waals surface area contributed by atoms with E-state index < -0.39 is 0 Å². The van der Waals surface area contributed by atoms with E-state index in [1.165, 1.54) is 0 Å². The highest BCUT2D eigenvalue weighted by Gasteiger charge is 2.31. The highest BCUT2D eigenvalue weighted by atomic mass is 16.3. The maximum absolute atomic E-state index is 12.7. The number of hydrogen-bond donors (Lipinski definition) is 6. The molecule has 174 valence electrons. The van der Waals surface area contributed by atoms with Crippen molar-refractivity contribution < 1.29 is 9.90 Å². The van der Waals surface area contributed by atoms with E-state index in [4.69, 9.17) is 16.6 Å². The van der Waals surface area contributed by atoms with Gasteiger partial charge in [0.15, 0.2) is 0 Å². The second-order valence-electron chi connectivity index (χ2n) is 8.41. The van der Waals surface area contributed by atoms with Gasteiger partial charge in [-0.3, -0.25) is 4.90 Å². The zero-order valence-corrected chi connectivity index (χ0v) is 18.6. The molecule has 2 heterocycles. The van der Waals surface area contributed by atoms with Crippen molar-refractivity contribution in [1.29, 1.82) is 0 Å². The lowest BCUT2D eigenvalue weighted by Crippen LogP contribution is -2.51. The lowest BCUT2D eigenvalue weighted by Gasteiger charge is -2.29. The fourth-order valence-electron chi connectivity index (χ4n) is 3.94. The van der Waals surface area contributed by atoms with Crippen LogP contribution in [0.5, 0.6) is 0 Å². The number of rotatable bonds is 10. The minimum Gasteiger partial charge on any atom is -0.395 e. The van der Waals surface area contributed by atoms with Crippen molar-refractivity contribution in [1.82, 2.24) is 16.0 Å². The summed E-state index contributed by atoms with van der Waals surface area (Å²) in [5, 5.41) is 18.9. The SMILES string of the molecule is NCCCNCc1ccc(N2C=C3C=C(c4ccc(CC(N)CO)cc4)NC3NC2=O)cc1. The molecule has 2 amide bonds. The number of carbonyl (C=O) groups is 1. The fourth-order valence-corrected chi connectivity index (χ4v) is 3.94. The van der Waals surface area contributed by atoms with Crippen LogP contribution in [-0.4, -0.2) is 43.0 Å². The van der Waals surface area contributed by atoms with Crippen molar-refractivity contribution in [2.75, 3.05) is 24.6 Å². The van der Waals surface area contributed by atoms with Crippen molar-refractivity contribution in [2.45, 2.75) is 31.6 Å². The Labute approximate surface area is 194 Å².